The molecular formula is C26H25N3O3S2. The van der Waals surface area contributed by atoms with E-state index in [1.54, 1.807) is 4.90 Å². The molecule has 2 saturated heterocycles. The Morgan fingerprint density at radius 3 is 2.59 bits per heavy atom. The van der Waals surface area contributed by atoms with Gasteiger partial charge in [-0.3, -0.25) is 14.5 Å². The summed E-state index contributed by atoms with van der Waals surface area (Å²) < 4.78 is 7.91. The van der Waals surface area contributed by atoms with Crippen LogP contribution in [0.1, 0.15) is 11.1 Å². The molecule has 0 unspecified atom stereocenters. The van der Waals surface area contributed by atoms with Gasteiger partial charge in [0.25, 0.3) is 5.91 Å². The van der Waals surface area contributed by atoms with E-state index in [1.165, 1.54) is 17.3 Å². The molecule has 0 bridgehead atoms. The number of nitrogens with zero attached hydrogens (tertiary/aromatic N) is 3. The fourth-order valence-electron chi connectivity index (χ4n) is 4.30. The number of carbonyl (C=O) groups is 2. The number of hydrogen-bond acceptors (Lipinski definition) is 5. The molecule has 6 nitrogen and oxygen atoms in total. The van der Waals surface area contributed by atoms with Crippen molar-refractivity contribution in [1.29, 1.82) is 0 Å². The number of hydrogen-bond donors (Lipinski definition) is 0. The first kappa shape index (κ1) is 22.8. The minimum atomic E-state index is -0.0628. The van der Waals surface area contributed by atoms with Gasteiger partial charge in [-0.05, 0) is 24.1 Å². The fraction of sp³-hybridized carbons (Fsp3) is 0.269. The third-order valence-corrected chi connectivity index (χ3v) is 7.49. The number of ether oxygens (including phenoxy) is 1. The molecule has 34 heavy (non-hydrogen) atoms. The third kappa shape index (κ3) is 4.80. The fourth-order valence-corrected chi connectivity index (χ4v) is 5.60. The van der Waals surface area contributed by atoms with Crippen molar-refractivity contribution in [1.82, 2.24) is 14.4 Å². The van der Waals surface area contributed by atoms with Crippen molar-refractivity contribution in [3.05, 3.63) is 76.8 Å². The van der Waals surface area contributed by atoms with E-state index in [9.17, 15) is 9.59 Å². The number of carbonyl (C=O) groups excluding carboxylic acids is 2. The van der Waals surface area contributed by atoms with Gasteiger partial charge < -0.3 is 14.2 Å². The summed E-state index contributed by atoms with van der Waals surface area (Å²) in [4.78, 5) is 30.1. The Bertz CT molecular complexity index is 1260. The first-order chi connectivity index (χ1) is 16.6. The molecule has 5 rings (SSSR count). The van der Waals surface area contributed by atoms with Crippen molar-refractivity contribution >= 4 is 57.1 Å². The number of morpholine rings is 1. The van der Waals surface area contributed by atoms with E-state index in [0.717, 1.165) is 22.9 Å². The van der Waals surface area contributed by atoms with Crippen molar-refractivity contribution in [2.75, 3.05) is 32.8 Å². The van der Waals surface area contributed by atoms with Gasteiger partial charge in [-0.1, -0.05) is 72.5 Å². The molecule has 174 valence electrons. The molecule has 0 saturated carbocycles. The maximum Gasteiger partial charge on any atom is 0.266 e. The topological polar surface area (TPSA) is 54.8 Å². The number of aromatic nitrogens is 1. The average molecular weight is 492 g/mol. The maximum atomic E-state index is 13.1. The van der Waals surface area contributed by atoms with Crippen LogP contribution in [0.15, 0.2) is 65.7 Å². The van der Waals surface area contributed by atoms with Crippen LogP contribution in [0.2, 0.25) is 0 Å². The number of fused-ring (bicyclic) bond motifs is 1. The highest BCUT2D eigenvalue weighted by atomic mass is 32.2. The Morgan fingerprint density at radius 1 is 1.06 bits per heavy atom. The van der Waals surface area contributed by atoms with E-state index in [0.29, 0.717) is 42.1 Å². The summed E-state index contributed by atoms with van der Waals surface area (Å²) in [5, 5.41) is 1.01. The second-order valence-corrected chi connectivity index (χ2v) is 9.97. The van der Waals surface area contributed by atoms with Crippen LogP contribution in [0, 0.1) is 0 Å². The zero-order valence-electron chi connectivity index (χ0n) is 18.7. The largest absolute Gasteiger partial charge is 0.378 e. The maximum absolute atomic E-state index is 13.1. The number of amides is 2. The molecule has 0 aliphatic carbocycles. The highest BCUT2D eigenvalue weighted by Crippen LogP contribution is 2.34. The van der Waals surface area contributed by atoms with Gasteiger partial charge in [0, 0.05) is 42.3 Å². The molecule has 0 atom stereocenters. The second kappa shape index (κ2) is 10.1. The summed E-state index contributed by atoms with van der Waals surface area (Å²) >= 11 is 6.86. The smallest absolute Gasteiger partial charge is 0.266 e. The Kier molecular flexibility index (Phi) is 6.80. The Labute approximate surface area is 208 Å². The lowest BCUT2D eigenvalue weighted by molar-refractivity contribution is -0.135. The Morgan fingerprint density at radius 2 is 1.79 bits per heavy atom. The predicted octanol–water partition coefficient (Wildman–Crippen LogP) is 3.94. The molecule has 3 aromatic rings. The summed E-state index contributed by atoms with van der Waals surface area (Å²) in [7, 11) is 0. The number of rotatable bonds is 6. The predicted molar refractivity (Wildman–Crippen MR) is 139 cm³/mol. The molecule has 2 aromatic carbocycles. The molecule has 0 N–H and O–H groups in total. The van der Waals surface area contributed by atoms with Crippen LogP contribution < -0.4 is 0 Å². The van der Waals surface area contributed by atoms with Gasteiger partial charge in [0.05, 0.1) is 18.1 Å². The minimum Gasteiger partial charge on any atom is -0.378 e. The van der Waals surface area contributed by atoms with Crippen molar-refractivity contribution in [3.63, 3.8) is 0 Å². The lowest BCUT2D eigenvalue weighted by Gasteiger charge is -2.27. The molecule has 2 aliphatic rings. The van der Waals surface area contributed by atoms with E-state index in [1.807, 2.05) is 64.2 Å². The van der Waals surface area contributed by atoms with Crippen LogP contribution in [0.25, 0.3) is 17.0 Å². The quantitative estimate of drug-likeness (QED) is 0.386. The summed E-state index contributed by atoms with van der Waals surface area (Å²) in [5.41, 5.74) is 3.05. The normalized spacial score (nSPS) is 17.8. The molecular weight excluding hydrogens is 466 g/mol. The number of thiocarbonyl (C=S) groups is 1. The van der Waals surface area contributed by atoms with Crippen LogP contribution in [0.3, 0.4) is 0 Å². The van der Waals surface area contributed by atoms with Crippen LogP contribution >= 0.6 is 24.0 Å². The molecule has 0 radical (unpaired) electrons. The Balaban J connectivity index is 1.36. The average Bonchev–Trinajstić information content (AvgIpc) is 3.35. The zero-order valence-corrected chi connectivity index (χ0v) is 20.3. The standard InChI is InChI=1S/C26H25N3O3S2/c30-24(27-12-14-32-15-13-27)18-28-17-20(21-8-4-5-9-22(21)28)16-23-25(31)29(26(33)34-23)11-10-19-6-2-1-3-7-19/h1-9,16-17H,10-15,18H2/b23-16-. The van der Waals surface area contributed by atoms with Crippen molar-refractivity contribution < 1.29 is 14.3 Å². The second-order valence-electron chi connectivity index (χ2n) is 8.29. The number of thioether (sulfide) groups is 1. The van der Waals surface area contributed by atoms with E-state index < -0.39 is 0 Å². The summed E-state index contributed by atoms with van der Waals surface area (Å²) in [6.07, 6.45) is 4.61. The Hall–Kier alpha value is -2.94. The van der Waals surface area contributed by atoms with Gasteiger partial charge in [0.15, 0.2) is 0 Å². The lowest BCUT2D eigenvalue weighted by Crippen LogP contribution is -2.42. The minimum absolute atomic E-state index is 0.0628. The van der Waals surface area contributed by atoms with Crippen LogP contribution in [0.5, 0.6) is 0 Å². The van der Waals surface area contributed by atoms with Gasteiger partial charge in [0.2, 0.25) is 5.91 Å². The van der Waals surface area contributed by atoms with Gasteiger partial charge in [0.1, 0.15) is 10.9 Å². The molecule has 1 aromatic heterocycles. The molecule has 3 heterocycles. The summed E-state index contributed by atoms with van der Waals surface area (Å²) in [6, 6.07) is 18.1. The molecule has 2 fully saturated rings. The first-order valence-corrected chi connectivity index (χ1v) is 12.6. The molecule has 8 heteroatoms. The van der Waals surface area contributed by atoms with Gasteiger partial charge in [-0.25, -0.2) is 0 Å². The van der Waals surface area contributed by atoms with E-state index in [4.69, 9.17) is 17.0 Å². The summed E-state index contributed by atoms with van der Waals surface area (Å²) in [6.45, 7) is 3.21. The van der Waals surface area contributed by atoms with Gasteiger partial charge >= 0.3 is 0 Å². The van der Waals surface area contributed by atoms with Crippen molar-refractivity contribution in [2.24, 2.45) is 0 Å². The highest BCUT2D eigenvalue weighted by molar-refractivity contribution is 8.26. The molecule has 0 spiro atoms. The zero-order chi connectivity index (χ0) is 23.5. The van der Waals surface area contributed by atoms with E-state index >= 15 is 0 Å². The van der Waals surface area contributed by atoms with Gasteiger partial charge in [-0.15, -0.1) is 0 Å². The van der Waals surface area contributed by atoms with Gasteiger partial charge in [-0.2, -0.15) is 0 Å². The molecule has 2 amide bonds. The SMILES string of the molecule is O=C(Cn1cc(/C=C2\SC(=S)N(CCc3ccccc3)C2=O)c2ccccc21)N1CCOCC1. The number of para-hydroxylation sites is 1. The van der Waals surface area contributed by atoms with Crippen LogP contribution in [-0.4, -0.2) is 63.3 Å². The van der Waals surface area contributed by atoms with Crippen molar-refractivity contribution in [3.8, 4) is 0 Å². The van der Waals surface area contributed by atoms with Crippen molar-refractivity contribution in [2.45, 2.75) is 13.0 Å². The molecule has 2 aliphatic heterocycles. The van der Waals surface area contributed by atoms with Crippen LogP contribution in [0.4, 0.5) is 0 Å². The number of benzene rings is 2. The highest BCUT2D eigenvalue weighted by Gasteiger charge is 2.32. The lowest BCUT2D eigenvalue weighted by atomic mass is 10.1. The monoisotopic (exact) mass is 491 g/mol. The van der Waals surface area contributed by atoms with E-state index in [2.05, 4.69) is 12.1 Å². The van der Waals surface area contributed by atoms with E-state index in [-0.39, 0.29) is 18.4 Å². The third-order valence-electron chi connectivity index (χ3n) is 6.12. The summed E-state index contributed by atoms with van der Waals surface area (Å²) in [5.74, 6) is 0.00925. The van der Waals surface area contributed by atoms with Crippen LogP contribution in [-0.2, 0) is 27.3 Å². The first-order valence-electron chi connectivity index (χ1n) is 11.3.